The first-order valence-corrected chi connectivity index (χ1v) is 7.21. The van der Waals surface area contributed by atoms with Crippen molar-refractivity contribution in [3.63, 3.8) is 0 Å². The van der Waals surface area contributed by atoms with Crippen molar-refractivity contribution in [2.45, 2.75) is 45.5 Å². The molecule has 4 nitrogen and oxygen atoms in total. The molecule has 0 radical (unpaired) electrons. The lowest BCUT2D eigenvalue weighted by Gasteiger charge is -2.53. The molecule has 3 heterocycles. The first-order valence-electron chi connectivity index (χ1n) is 7.21. The number of hydrogen-bond donors (Lipinski definition) is 0. The lowest BCUT2D eigenvalue weighted by Crippen LogP contribution is -2.54. The van der Waals surface area contributed by atoms with Crippen LogP contribution in [0.1, 0.15) is 33.1 Å². The maximum atomic E-state index is 11.8. The van der Waals surface area contributed by atoms with E-state index in [0.29, 0.717) is 11.5 Å². The van der Waals surface area contributed by atoms with Crippen LogP contribution in [0.2, 0.25) is 0 Å². The van der Waals surface area contributed by atoms with E-state index in [-0.39, 0.29) is 29.7 Å². The minimum atomic E-state index is -0.329. The van der Waals surface area contributed by atoms with Gasteiger partial charge in [0.15, 0.2) is 6.29 Å². The van der Waals surface area contributed by atoms with Gasteiger partial charge in [-0.05, 0) is 30.8 Å². The molecule has 5 atom stereocenters. The fourth-order valence-electron chi connectivity index (χ4n) is 4.24. The van der Waals surface area contributed by atoms with Crippen molar-refractivity contribution in [2.24, 2.45) is 17.3 Å². The summed E-state index contributed by atoms with van der Waals surface area (Å²) in [5, 5.41) is 0. The van der Waals surface area contributed by atoms with Crippen LogP contribution in [0.25, 0.3) is 0 Å². The number of carbonyl (C=O) groups is 1. The maximum Gasteiger partial charge on any atom is 0.333 e. The molecule has 4 bridgehead atoms. The Labute approximate surface area is 119 Å². The predicted molar refractivity (Wildman–Crippen MR) is 73.6 cm³/mol. The Bertz CT molecular complexity index is 481. The molecule has 1 saturated heterocycles. The zero-order valence-electron chi connectivity index (χ0n) is 12.3. The summed E-state index contributed by atoms with van der Waals surface area (Å²) < 4.78 is 16.6. The van der Waals surface area contributed by atoms with Crippen molar-refractivity contribution in [2.75, 3.05) is 7.11 Å². The lowest BCUT2D eigenvalue weighted by atomic mass is 9.57. The SMILES string of the molecule is C=C(C(=O)OC)C1CCC2(C)CC3OC=C(C)C2C1O3. The third-order valence-electron chi connectivity index (χ3n) is 5.24. The summed E-state index contributed by atoms with van der Waals surface area (Å²) in [4.78, 5) is 11.8. The normalized spacial score (nSPS) is 42.2. The molecule has 0 N–H and O–H groups in total. The molecular weight excluding hydrogens is 256 g/mol. The van der Waals surface area contributed by atoms with E-state index in [2.05, 4.69) is 20.4 Å². The first kappa shape index (κ1) is 13.7. The van der Waals surface area contributed by atoms with E-state index < -0.39 is 0 Å². The highest BCUT2D eigenvalue weighted by molar-refractivity contribution is 5.88. The number of carbonyl (C=O) groups excluding carboxylic acids is 1. The average Bonchev–Trinajstić information content (AvgIpc) is 2.65. The van der Waals surface area contributed by atoms with Crippen molar-refractivity contribution in [1.29, 1.82) is 0 Å². The van der Waals surface area contributed by atoms with Gasteiger partial charge in [-0.2, -0.15) is 0 Å². The minimum absolute atomic E-state index is 0.0216. The number of esters is 1. The highest BCUT2D eigenvalue weighted by Gasteiger charge is 2.55. The van der Waals surface area contributed by atoms with Gasteiger partial charge in [-0.1, -0.05) is 13.5 Å². The molecule has 20 heavy (non-hydrogen) atoms. The molecule has 3 aliphatic heterocycles. The monoisotopic (exact) mass is 278 g/mol. The summed E-state index contributed by atoms with van der Waals surface area (Å²) in [5.74, 6) is -0.0142. The molecule has 5 unspecified atom stereocenters. The van der Waals surface area contributed by atoms with E-state index in [9.17, 15) is 4.79 Å². The van der Waals surface area contributed by atoms with E-state index in [4.69, 9.17) is 14.2 Å². The summed E-state index contributed by atoms with van der Waals surface area (Å²) >= 11 is 0. The zero-order valence-corrected chi connectivity index (χ0v) is 12.3. The number of rotatable bonds is 2. The number of ether oxygens (including phenoxy) is 3. The fraction of sp³-hybridized carbons (Fsp3) is 0.688. The van der Waals surface area contributed by atoms with Crippen LogP contribution in [-0.4, -0.2) is 25.5 Å². The van der Waals surface area contributed by atoms with Crippen molar-refractivity contribution in [3.8, 4) is 0 Å². The second-order valence-corrected chi connectivity index (χ2v) is 6.53. The molecule has 4 heteroatoms. The zero-order chi connectivity index (χ0) is 14.5. The van der Waals surface area contributed by atoms with Crippen LogP contribution < -0.4 is 0 Å². The van der Waals surface area contributed by atoms with Crippen LogP contribution in [0.5, 0.6) is 0 Å². The molecule has 0 aromatic rings. The largest absolute Gasteiger partial charge is 0.473 e. The topological polar surface area (TPSA) is 44.8 Å². The second kappa shape index (κ2) is 4.62. The van der Waals surface area contributed by atoms with E-state index in [1.54, 1.807) is 0 Å². The van der Waals surface area contributed by atoms with Crippen LogP contribution in [0, 0.1) is 17.3 Å². The molecule has 4 aliphatic rings. The molecule has 1 saturated carbocycles. The van der Waals surface area contributed by atoms with E-state index in [0.717, 1.165) is 19.3 Å². The molecule has 4 rings (SSSR count). The summed E-state index contributed by atoms with van der Waals surface area (Å²) in [6.45, 7) is 8.35. The number of methoxy groups -OCH3 is 1. The average molecular weight is 278 g/mol. The van der Waals surface area contributed by atoms with Gasteiger partial charge in [0.2, 0.25) is 0 Å². The fourth-order valence-corrected chi connectivity index (χ4v) is 4.24. The van der Waals surface area contributed by atoms with Gasteiger partial charge in [0.05, 0.1) is 19.5 Å². The van der Waals surface area contributed by atoms with Gasteiger partial charge in [0.25, 0.3) is 0 Å². The van der Waals surface area contributed by atoms with Crippen molar-refractivity contribution >= 4 is 5.97 Å². The van der Waals surface area contributed by atoms with Crippen LogP contribution in [0.15, 0.2) is 24.0 Å². The van der Waals surface area contributed by atoms with Crippen molar-refractivity contribution < 1.29 is 19.0 Å². The van der Waals surface area contributed by atoms with Gasteiger partial charge in [-0.25, -0.2) is 4.79 Å². The summed E-state index contributed by atoms with van der Waals surface area (Å²) in [7, 11) is 1.40. The van der Waals surface area contributed by atoms with Crippen LogP contribution in [0.3, 0.4) is 0 Å². The maximum absolute atomic E-state index is 11.8. The quantitative estimate of drug-likeness (QED) is 0.575. The van der Waals surface area contributed by atoms with E-state index in [1.165, 1.54) is 12.7 Å². The van der Waals surface area contributed by atoms with Crippen molar-refractivity contribution in [3.05, 3.63) is 24.0 Å². The lowest BCUT2D eigenvalue weighted by molar-refractivity contribution is -0.234. The van der Waals surface area contributed by atoms with E-state index in [1.807, 2.05) is 6.26 Å². The number of hydrogen-bond acceptors (Lipinski definition) is 4. The summed E-state index contributed by atoms with van der Waals surface area (Å²) in [6.07, 6.45) is 4.50. The highest BCUT2D eigenvalue weighted by atomic mass is 16.7. The Balaban J connectivity index is 1.94. The Kier molecular flexibility index (Phi) is 3.16. The minimum Gasteiger partial charge on any atom is -0.473 e. The molecule has 0 spiro atoms. The molecular formula is C16H22O4. The Hall–Kier alpha value is -1.29. The van der Waals surface area contributed by atoms with Gasteiger partial charge in [0, 0.05) is 23.8 Å². The van der Waals surface area contributed by atoms with Gasteiger partial charge in [-0.3, -0.25) is 0 Å². The third kappa shape index (κ3) is 1.89. The van der Waals surface area contributed by atoms with E-state index >= 15 is 0 Å². The summed E-state index contributed by atoms with van der Waals surface area (Å²) in [5.41, 5.74) is 1.93. The third-order valence-corrected chi connectivity index (χ3v) is 5.24. The van der Waals surface area contributed by atoms with Gasteiger partial charge in [0.1, 0.15) is 0 Å². The van der Waals surface area contributed by atoms with Crippen LogP contribution >= 0.6 is 0 Å². The van der Waals surface area contributed by atoms with Gasteiger partial charge >= 0.3 is 5.97 Å². The van der Waals surface area contributed by atoms with Gasteiger partial charge < -0.3 is 14.2 Å². The van der Waals surface area contributed by atoms with Crippen LogP contribution in [0.4, 0.5) is 0 Å². The molecule has 0 aromatic heterocycles. The summed E-state index contributed by atoms with van der Waals surface area (Å²) in [6, 6.07) is 0. The molecule has 110 valence electrons. The van der Waals surface area contributed by atoms with Gasteiger partial charge in [-0.15, -0.1) is 0 Å². The smallest absolute Gasteiger partial charge is 0.333 e. The molecule has 0 amide bonds. The molecule has 0 aromatic carbocycles. The Morgan fingerprint density at radius 3 is 3.00 bits per heavy atom. The van der Waals surface area contributed by atoms with Crippen LogP contribution in [-0.2, 0) is 19.0 Å². The second-order valence-electron chi connectivity index (χ2n) is 6.53. The number of fused-ring (bicyclic) bond motifs is 1. The van der Waals surface area contributed by atoms with Crippen molar-refractivity contribution in [1.82, 2.24) is 0 Å². The first-order chi connectivity index (χ1) is 9.46. The molecule has 2 fully saturated rings. The Morgan fingerprint density at radius 2 is 2.30 bits per heavy atom. The Morgan fingerprint density at radius 1 is 1.55 bits per heavy atom. The highest BCUT2D eigenvalue weighted by Crippen LogP contribution is 2.57. The molecule has 1 aliphatic carbocycles. The standard InChI is InChI=1S/C16H22O4/c1-9-8-19-12-7-16(3)6-5-11(10(2)15(17)18-4)14(20-12)13(9)16/h8,11-14H,2,5-7H2,1,3-4H3. The predicted octanol–water partition coefficient (Wildman–Crippen LogP) is 2.80.